The molecule has 2 nitrogen and oxygen atoms in total. The molecule has 0 amide bonds. The maximum atomic E-state index is 10.2. The van der Waals surface area contributed by atoms with Crippen LogP contribution in [0.25, 0.3) is 0 Å². The van der Waals surface area contributed by atoms with Crippen molar-refractivity contribution >= 4 is 15.9 Å². The number of hydrogen-bond acceptors (Lipinski definition) is 2. The normalized spacial score (nSPS) is 12.6. The summed E-state index contributed by atoms with van der Waals surface area (Å²) >= 11 is 3.43. The molecule has 0 fully saturated rings. The predicted octanol–water partition coefficient (Wildman–Crippen LogP) is 4.00. The monoisotopic (exact) mass is 333 g/mol. The van der Waals surface area contributed by atoms with Gasteiger partial charge in [0, 0.05) is 17.6 Å². The Labute approximate surface area is 129 Å². The zero-order valence-corrected chi connectivity index (χ0v) is 13.3. The van der Waals surface area contributed by atoms with E-state index < -0.39 is 6.10 Å². The molecule has 0 aliphatic rings. The van der Waals surface area contributed by atoms with E-state index >= 15 is 0 Å². The number of aliphatic hydroxyl groups excluding tert-OH is 1. The number of benzene rings is 2. The van der Waals surface area contributed by atoms with Gasteiger partial charge in [-0.2, -0.15) is 0 Å². The molecule has 0 saturated heterocycles. The summed E-state index contributed by atoms with van der Waals surface area (Å²) in [5.41, 5.74) is 2.26. The lowest BCUT2D eigenvalue weighted by Crippen LogP contribution is -2.20. The first-order valence-electron chi connectivity index (χ1n) is 6.81. The highest BCUT2D eigenvalue weighted by Gasteiger charge is 2.09. The number of hydrogen-bond donors (Lipinski definition) is 1. The molecule has 0 spiro atoms. The number of nitrogens with zero attached hydrogens (tertiary/aromatic N) is 1. The van der Waals surface area contributed by atoms with E-state index in [1.165, 1.54) is 5.56 Å². The Morgan fingerprint density at radius 2 is 1.85 bits per heavy atom. The van der Waals surface area contributed by atoms with Gasteiger partial charge in [-0.05, 0) is 36.7 Å². The highest BCUT2D eigenvalue weighted by Crippen LogP contribution is 2.21. The largest absolute Gasteiger partial charge is 0.388 e. The number of aliphatic hydroxyl groups is 1. The van der Waals surface area contributed by atoms with Gasteiger partial charge in [0.25, 0.3) is 0 Å². The topological polar surface area (TPSA) is 23.5 Å². The molecule has 0 aromatic heterocycles. The summed E-state index contributed by atoms with van der Waals surface area (Å²) in [5, 5.41) is 10.2. The van der Waals surface area contributed by atoms with Gasteiger partial charge in [0.15, 0.2) is 0 Å². The Morgan fingerprint density at radius 1 is 1.10 bits per heavy atom. The van der Waals surface area contributed by atoms with E-state index in [0.717, 1.165) is 29.5 Å². The van der Waals surface area contributed by atoms with Gasteiger partial charge in [-0.25, -0.2) is 0 Å². The minimum Gasteiger partial charge on any atom is -0.388 e. The molecule has 0 radical (unpaired) electrons. The minimum absolute atomic E-state index is 0.411. The summed E-state index contributed by atoms with van der Waals surface area (Å²) in [6.07, 6.45) is 0.325. The van der Waals surface area contributed by atoms with Gasteiger partial charge in [0.05, 0.1) is 6.10 Å². The molecule has 20 heavy (non-hydrogen) atoms. The lowest BCUT2D eigenvalue weighted by atomic mass is 10.1. The van der Waals surface area contributed by atoms with Crippen molar-refractivity contribution in [3.8, 4) is 0 Å². The molecule has 2 rings (SSSR count). The second-order valence-corrected chi connectivity index (χ2v) is 6.00. The quantitative estimate of drug-likeness (QED) is 0.863. The number of rotatable bonds is 6. The van der Waals surface area contributed by atoms with E-state index in [2.05, 4.69) is 52.1 Å². The molecule has 0 heterocycles. The summed E-state index contributed by atoms with van der Waals surface area (Å²) in [7, 11) is 2.08. The summed E-state index contributed by atoms with van der Waals surface area (Å²) in [4.78, 5) is 2.23. The Morgan fingerprint density at radius 3 is 2.55 bits per heavy atom. The Hall–Kier alpha value is -1.16. The number of halogens is 1. The standard InChI is InChI=1S/C17H20BrNO/c1-19(13-14-6-3-2-4-7-14)11-10-17(20)15-8-5-9-16(18)12-15/h2-9,12,17,20H,10-11,13H2,1H3. The van der Waals surface area contributed by atoms with Gasteiger partial charge in [-0.15, -0.1) is 0 Å². The van der Waals surface area contributed by atoms with Crippen LogP contribution in [0.1, 0.15) is 23.7 Å². The fourth-order valence-corrected chi connectivity index (χ4v) is 2.61. The van der Waals surface area contributed by atoms with Crippen LogP contribution in [0.2, 0.25) is 0 Å². The summed E-state index contributed by atoms with van der Waals surface area (Å²) in [6.45, 7) is 1.77. The predicted molar refractivity (Wildman–Crippen MR) is 86.5 cm³/mol. The third kappa shape index (κ3) is 4.75. The molecule has 2 aromatic carbocycles. The van der Waals surface area contributed by atoms with Crippen LogP contribution >= 0.6 is 15.9 Å². The SMILES string of the molecule is CN(CCC(O)c1cccc(Br)c1)Cc1ccccc1. The van der Waals surface area contributed by atoms with Gasteiger partial charge in [0.2, 0.25) is 0 Å². The molecule has 1 N–H and O–H groups in total. The Balaban J connectivity index is 1.82. The van der Waals surface area contributed by atoms with Crippen molar-refractivity contribution in [1.82, 2.24) is 4.90 Å². The van der Waals surface area contributed by atoms with Crippen molar-refractivity contribution in [2.24, 2.45) is 0 Å². The second-order valence-electron chi connectivity index (χ2n) is 5.08. The molecule has 1 atom stereocenters. The molecule has 2 aromatic rings. The van der Waals surface area contributed by atoms with E-state index in [1.54, 1.807) is 0 Å². The first-order chi connectivity index (χ1) is 9.65. The molecule has 3 heteroatoms. The van der Waals surface area contributed by atoms with Crippen LogP contribution < -0.4 is 0 Å². The maximum absolute atomic E-state index is 10.2. The second kappa shape index (κ2) is 7.58. The minimum atomic E-state index is -0.411. The van der Waals surface area contributed by atoms with Crippen molar-refractivity contribution in [3.05, 3.63) is 70.2 Å². The molecule has 0 bridgehead atoms. The lowest BCUT2D eigenvalue weighted by molar-refractivity contribution is 0.147. The maximum Gasteiger partial charge on any atom is 0.0802 e. The van der Waals surface area contributed by atoms with Crippen LogP contribution in [0.5, 0.6) is 0 Å². The average Bonchev–Trinajstić information content (AvgIpc) is 2.46. The van der Waals surface area contributed by atoms with Gasteiger partial charge < -0.3 is 10.0 Å². The summed E-state index contributed by atoms with van der Waals surface area (Å²) in [5.74, 6) is 0. The van der Waals surface area contributed by atoms with Gasteiger partial charge in [-0.1, -0.05) is 58.4 Å². The zero-order valence-electron chi connectivity index (χ0n) is 11.7. The van der Waals surface area contributed by atoms with Gasteiger partial charge in [-0.3, -0.25) is 0 Å². The molecular weight excluding hydrogens is 314 g/mol. The van der Waals surface area contributed by atoms with Crippen LogP contribution in [-0.4, -0.2) is 23.6 Å². The smallest absolute Gasteiger partial charge is 0.0802 e. The van der Waals surface area contributed by atoms with Crippen LogP contribution in [0.15, 0.2) is 59.1 Å². The summed E-state index contributed by atoms with van der Waals surface area (Å²) < 4.78 is 1.01. The first kappa shape index (κ1) is 15.2. The van der Waals surface area contributed by atoms with Gasteiger partial charge >= 0.3 is 0 Å². The molecule has 0 aliphatic carbocycles. The van der Waals surface area contributed by atoms with Gasteiger partial charge in [0.1, 0.15) is 0 Å². The third-order valence-corrected chi connectivity index (χ3v) is 3.81. The highest BCUT2D eigenvalue weighted by atomic mass is 79.9. The fourth-order valence-electron chi connectivity index (χ4n) is 2.20. The van der Waals surface area contributed by atoms with E-state index in [0.29, 0.717) is 0 Å². The van der Waals surface area contributed by atoms with E-state index in [9.17, 15) is 5.11 Å². The van der Waals surface area contributed by atoms with Crippen LogP contribution in [0.3, 0.4) is 0 Å². The van der Waals surface area contributed by atoms with E-state index in [4.69, 9.17) is 0 Å². The molecule has 1 unspecified atom stereocenters. The van der Waals surface area contributed by atoms with Crippen molar-refractivity contribution in [2.45, 2.75) is 19.1 Å². The average molecular weight is 334 g/mol. The zero-order chi connectivity index (χ0) is 14.4. The Bertz CT molecular complexity index is 530. The van der Waals surface area contributed by atoms with Crippen molar-refractivity contribution in [1.29, 1.82) is 0 Å². The van der Waals surface area contributed by atoms with E-state index in [1.807, 2.05) is 30.3 Å². The van der Waals surface area contributed by atoms with Crippen LogP contribution in [-0.2, 0) is 6.54 Å². The molecular formula is C17H20BrNO. The fraction of sp³-hybridized carbons (Fsp3) is 0.294. The van der Waals surface area contributed by atoms with Crippen molar-refractivity contribution in [2.75, 3.05) is 13.6 Å². The molecule has 0 saturated carbocycles. The molecule has 106 valence electrons. The molecule has 0 aliphatic heterocycles. The van der Waals surface area contributed by atoms with Crippen molar-refractivity contribution < 1.29 is 5.11 Å². The van der Waals surface area contributed by atoms with Crippen LogP contribution in [0.4, 0.5) is 0 Å². The summed E-state index contributed by atoms with van der Waals surface area (Å²) in [6, 6.07) is 18.3. The third-order valence-electron chi connectivity index (χ3n) is 3.31. The lowest BCUT2D eigenvalue weighted by Gasteiger charge is -2.19. The highest BCUT2D eigenvalue weighted by molar-refractivity contribution is 9.10. The van der Waals surface area contributed by atoms with Crippen LogP contribution in [0, 0.1) is 0 Å². The Kier molecular flexibility index (Phi) is 5.77. The van der Waals surface area contributed by atoms with E-state index in [-0.39, 0.29) is 0 Å². The van der Waals surface area contributed by atoms with Crippen molar-refractivity contribution in [3.63, 3.8) is 0 Å². The first-order valence-corrected chi connectivity index (χ1v) is 7.60.